The Hall–Kier alpha value is -1.84. The molecule has 1 aromatic rings. The van der Waals surface area contributed by atoms with Crippen molar-refractivity contribution in [2.24, 2.45) is 5.41 Å². The van der Waals surface area contributed by atoms with Crippen LogP contribution in [-0.4, -0.2) is 23.4 Å². The van der Waals surface area contributed by atoms with E-state index in [1.807, 2.05) is 19.9 Å². The summed E-state index contributed by atoms with van der Waals surface area (Å²) in [5.41, 5.74) is 3.28. The highest BCUT2D eigenvalue weighted by molar-refractivity contribution is 5.99. The van der Waals surface area contributed by atoms with Crippen LogP contribution in [0.4, 0.5) is 4.79 Å². The van der Waals surface area contributed by atoms with Gasteiger partial charge in [0.05, 0.1) is 12.0 Å². The van der Waals surface area contributed by atoms with Crippen LogP contribution in [-0.2, 0) is 24.2 Å². The first-order chi connectivity index (χ1) is 9.47. The first-order valence-corrected chi connectivity index (χ1v) is 7.18. The smallest absolute Gasteiger partial charge is 0.324 e. The van der Waals surface area contributed by atoms with Crippen LogP contribution in [0.3, 0.4) is 0 Å². The number of aryl methyl sites for hydroxylation is 2. The molecule has 1 fully saturated rings. The lowest BCUT2D eigenvalue weighted by Crippen LogP contribution is -2.58. The van der Waals surface area contributed by atoms with Gasteiger partial charge in [-0.25, -0.2) is 4.79 Å². The number of imide groups is 1. The molecule has 2 aliphatic rings. The Morgan fingerprint density at radius 1 is 1.20 bits per heavy atom. The maximum Gasteiger partial charge on any atom is 0.324 e. The van der Waals surface area contributed by atoms with Crippen molar-refractivity contribution in [1.29, 1.82) is 0 Å². The number of carbonyl (C=O) groups is 2. The third-order valence-electron chi connectivity index (χ3n) is 4.25. The molecule has 0 atom stereocenters. The molecular formula is C16H20N2O2. The zero-order valence-corrected chi connectivity index (χ0v) is 12.0. The fourth-order valence-electron chi connectivity index (χ4n) is 2.97. The van der Waals surface area contributed by atoms with Gasteiger partial charge in [-0.1, -0.05) is 18.2 Å². The lowest BCUT2D eigenvalue weighted by molar-refractivity contribution is -0.139. The Bertz CT molecular complexity index is 578. The molecule has 0 aromatic heterocycles. The van der Waals surface area contributed by atoms with Crippen molar-refractivity contribution < 1.29 is 9.59 Å². The van der Waals surface area contributed by atoms with Gasteiger partial charge in [0.2, 0.25) is 5.91 Å². The van der Waals surface area contributed by atoms with E-state index in [0.29, 0.717) is 13.1 Å². The summed E-state index contributed by atoms with van der Waals surface area (Å²) < 4.78 is 0. The van der Waals surface area contributed by atoms with E-state index in [0.717, 1.165) is 18.4 Å². The van der Waals surface area contributed by atoms with Crippen molar-refractivity contribution in [2.75, 3.05) is 6.54 Å². The van der Waals surface area contributed by atoms with Crippen LogP contribution < -0.4 is 5.32 Å². The summed E-state index contributed by atoms with van der Waals surface area (Å²) in [7, 11) is 0. The van der Waals surface area contributed by atoms with Crippen LogP contribution >= 0.6 is 0 Å². The number of amides is 3. The summed E-state index contributed by atoms with van der Waals surface area (Å²) >= 11 is 0. The predicted octanol–water partition coefficient (Wildman–Crippen LogP) is 2.25. The van der Waals surface area contributed by atoms with Gasteiger partial charge in [-0.15, -0.1) is 0 Å². The van der Waals surface area contributed by atoms with Gasteiger partial charge in [-0.05, 0) is 49.8 Å². The van der Waals surface area contributed by atoms with E-state index in [1.165, 1.54) is 22.4 Å². The van der Waals surface area contributed by atoms with Crippen molar-refractivity contribution >= 4 is 11.9 Å². The third kappa shape index (κ3) is 2.19. The topological polar surface area (TPSA) is 49.4 Å². The quantitative estimate of drug-likeness (QED) is 0.897. The van der Waals surface area contributed by atoms with Crippen molar-refractivity contribution in [1.82, 2.24) is 10.2 Å². The fraction of sp³-hybridized carbons (Fsp3) is 0.500. The zero-order chi connectivity index (χ0) is 14.3. The monoisotopic (exact) mass is 272 g/mol. The second-order valence-electron chi connectivity index (χ2n) is 6.39. The normalized spacial score (nSPS) is 20.8. The molecular weight excluding hydrogens is 252 g/mol. The van der Waals surface area contributed by atoms with E-state index < -0.39 is 5.41 Å². The van der Waals surface area contributed by atoms with Crippen LogP contribution in [0.2, 0.25) is 0 Å². The average molecular weight is 272 g/mol. The van der Waals surface area contributed by atoms with Crippen molar-refractivity contribution in [3.05, 3.63) is 34.9 Å². The second-order valence-corrected chi connectivity index (χ2v) is 6.39. The molecule has 0 bridgehead atoms. The van der Waals surface area contributed by atoms with Gasteiger partial charge in [0.1, 0.15) is 0 Å². The zero-order valence-electron chi connectivity index (χ0n) is 12.0. The minimum atomic E-state index is -0.523. The van der Waals surface area contributed by atoms with Gasteiger partial charge >= 0.3 is 6.03 Å². The van der Waals surface area contributed by atoms with E-state index in [1.54, 1.807) is 0 Å². The van der Waals surface area contributed by atoms with Gasteiger partial charge in [-0.2, -0.15) is 0 Å². The number of hydrogen-bond acceptors (Lipinski definition) is 2. The lowest BCUT2D eigenvalue weighted by atomic mass is 9.89. The standard InChI is InChI=1S/C16H20N2O2/c1-16(2)10-17-15(20)18(14(16)19)9-11-6-7-12-4-3-5-13(12)8-11/h6-8H,3-5,9-10H2,1-2H3,(H,17,20). The van der Waals surface area contributed by atoms with Crippen LogP contribution in [0.15, 0.2) is 18.2 Å². The lowest BCUT2D eigenvalue weighted by Gasteiger charge is -2.36. The number of rotatable bonds is 2. The summed E-state index contributed by atoms with van der Waals surface area (Å²) in [6, 6.07) is 6.03. The van der Waals surface area contributed by atoms with E-state index in [9.17, 15) is 9.59 Å². The summed E-state index contributed by atoms with van der Waals surface area (Å²) in [6.07, 6.45) is 3.45. The molecule has 1 heterocycles. The van der Waals surface area contributed by atoms with Gasteiger partial charge < -0.3 is 5.32 Å². The molecule has 3 rings (SSSR count). The second kappa shape index (κ2) is 4.62. The highest BCUT2D eigenvalue weighted by Crippen LogP contribution is 2.26. The molecule has 1 aliphatic carbocycles. The molecule has 0 saturated carbocycles. The van der Waals surface area contributed by atoms with Crippen LogP contribution in [0.5, 0.6) is 0 Å². The molecule has 1 aliphatic heterocycles. The van der Waals surface area contributed by atoms with Crippen molar-refractivity contribution in [2.45, 2.75) is 39.7 Å². The molecule has 0 spiro atoms. The number of hydrogen-bond donors (Lipinski definition) is 1. The summed E-state index contributed by atoms with van der Waals surface area (Å²) in [4.78, 5) is 25.6. The number of fused-ring (bicyclic) bond motifs is 1. The molecule has 1 saturated heterocycles. The number of carbonyl (C=O) groups excluding carboxylic acids is 2. The van der Waals surface area contributed by atoms with Crippen molar-refractivity contribution in [3.8, 4) is 0 Å². The Kier molecular flexibility index (Phi) is 3.04. The Labute approximate surface area is 119 Å². The first-order valence-electron chi connectivity index (χ1n) is 7.18. The molecule has 106 valence electrons. The number of nitrogens with zero attached hydrogens (tertiary/aromatic N) is 1. The molecule has 20 heavy (non-hydrogen) atoms. The molecule has 3 amide bonds. The molecule has 1 N–H and O–H groups in total. The fourth-order valence-corrected chi connectivity index (χ4v) is 2.97. The number of benzene rings is 1. The van der Waals surface area contributed by atoms with Gasteiger partial charge in [0.15, 0.2) is 0 Å². The maximum absolute atomic E-state index is 12.4. The third-order valence-corrected chi connectivity index (χ3v) is 4.25. The summed E-state index contributed by atoms with van der Waals surface area (Å²) in [6.45, 7) is 4.50. The van der Waals surface area contributed by atoms with Gasteiger partial charge in [-0.3, -0.25) is 9.69 Å². The van der Waals surface area contributed by atoms with Crippen molar-refractivity contribution in [3.63, 3.8) is 0 Å². The molecule has 4 nitrogen and oxygen atoms in total. The summed E-state index contributed by atoms with van der Waals surface area (Å²) in [5.74, 6) is -0.0956. The largest absolute Gasteiger partial charge is 0.337 e. The minimum Gasteiger partial charge on any atom is -0.337 e. The van der Waals surface area contributed by atoms with Crippen LogP contribution in [0.1, 0.15) is 37.0 Å². The highest BCUT2D eigenvalue weighted by atomic mass is 16.2. The van der Waals surface area contributed by atoms with Gasteiger partial charge in [0.25, 0.3) is 0 Å². The van der Waals surface area contributed by atoms with E-state index >= 15 is 0 Å². The van der Waals surface area contributed by atoms with Gasteiger partial charge in [0, 0.05) is 6.54 Å². The van der Waals surface area contributed by atoms with E-state index in [2.05, 4.69) is 17.4 Å². The summed E-state index contributed by atoms with van der Waals surface area (Å²) in [5, 5.41) is 2.79. The first kappa shape index (κ1) is 13.2. The Morgan fingerprint density at radius 2 is 1.95 bits per heavy atom. The van der Waals surface area contributed by atoms with E-state index in [4.69, 9.17) is 0 Å². The molecule has 0 radical (unpaired) electrons. The highest BCUT2D eigenvalue weighted by Gasteiger charge is 2.40. The molecule has 4 heteroatoms. The number of urea groups is 1. The van der Waals surface area contributed by atoms with Crippen LogP contribution in [0.25, 0.3) is 0 Å². The average Bonchev–Trinajstić information content (AvgIpc) is 2.87. The Balaban J connectivity index is 1.82. The minimum absolute atomic E-state index is 0.0956. The molecule has 0 unspecified atom stereocenters. The van der Waals surface area contributed by atoms with Crippen LogP contribution in [0, 0.1) is 5.41 Å². The van der Waals surface area contributed by atoms with E-state index in [-0.39, 0.29) is 11.9 Å². The Morgan fingerprint density at radius 3 is 2.75 bits per heavy atom. The maximum atomic E-state index is 12.4. The number of nitrogens with one attached hydrogen (secondary N) is 1. The molecule has 1 aromatic carbocycles. The predicted molar refractivity (Wildman–Crippen MR) is 76.2 cm³/mol. The SMILES string of the molecule is CC1(C)CNC(=O)N(Cc2ccc3c(c2)CCC3)C1=O.